The van der Waals surface area contributed by atoms with Crippen LogP contribution in [0.4, 0.5) is 15.0 Å². The Hall–Kier alpha value is -8.58. The number of piperazine rings is 1. The molecular formula is C71H84FN13O10. The number of hydrogen-bond donors (Lipinski definition) is 3. The maximum atomic E-state index is 17.0. The molecule has 1 unspecified atom stereocenters. The summed E-state index contributed by atoms with van der Waals surface area (Å²) in [6, 6.07) is 18.4. The zero-order valence-corrected chi connectivity index (χ0v) is 55.0. The van der Waals surface area contributed by atoms with Gasteiger partial charge in [-0.15, -0.1) is 5.10 Å². The Balaban J connectivity index is 0.777. The maximum Gasteiger partial charge on any atom is 0.410 e. The Bertz CT molecular complexity index is 4150. The standard InChI is InChI=1S/C71H84FN13O10/c1-8-83-57(22-25-73-83)46-20-18-45(19-21-46)56(38-86)75-67(88)59-30-49(87)36-82(59)68(89)64(40(2)3)84-37-55(78-79-84)44-14-12-42(13-15-44)39-93-65-62(61-41(4)54(72)32-58-53(61)33-74-85(58)60-11-9-10-26-92-60)51(43-16-17-43)31-52-63(65)76-69(94-50-23-27-91-28-24-50)77-66(52)80-34-48-29-47(80)35-81(48)70(90)95-71(5,6)7/h12-15,18-22,25,31-33,37,40,43,47-50,56,59-60,64,86-87H,8-11,16-17,23-24,26-30,34-36,38-39H2,1-7H3,(H,75,88)/t47-,48-,49+,56-,59-,60?,64-/m0/s1. The van der Waals surface area contributed by atoms with Crippen LogP contribution >= 0.6 is 0 Å². The lowest BCUT2D eigenvalue weighted by molar-refractivity contribution is -0.142. The van der Waals surface area contributed by atoms with Crippen LogP contribution in [0.2, 0.25) is 0 Å². The number of carbonyl (C=O) groups is 3. The van der Waals surface area contributed by atoms with E-state index in [1.54, 1.807) is 18.5 Å². The molecule has 4 aromatic heterocycles. The summed E-state index contributed by atoms with van der Waals surface area (Å²) in [6.07, 6.45) is 10.0. The van der Waals surface area contributed by atoms with Crippen molar-refractivity contribution in [2.75, 3.05) is 51.0 Å². The summed E-state index contributed by atoms with van der Waals surface area (Å²) in [7, 11) is 0. The molecular weight excluding hydrogens is 1210 g/mol. The normalized spacial score (nSPS) is 21.5. The van der Waals surface area contributed by atoms with Crippen LogP contribution in [-0.2, 0) is 37.0 Å². The number of fused-ring (bicyclic) bond motifs is 4. The number of hydrogen-bond acceptors (Lipinski definition) is 17. The van der Waals surface area contributed by atoms with Gasteiger partial charge in [-0.25, -0.2) is 18.5 Å². The molecule has 14 rings (SSSR count). The Morgan fingerprint density at radius 3 is 2.33 bits per heavy atom. The number of amides is 3. The fraction of sp³-hybridized carbons (Fsp3) is 0.507. The van der Waals surface area contributed by atoms with Crippen molar-refractivity contribution in [1.82, 2.24) is 59.6 Å². The molecule has 1 saturated carbocycles. The van der Waals surface area contributed by atoms with Gasteiger partial charge in [-0.05, 0) is 125 Å². The van der Waals surface area contributed by atoms with Crippen molar-refractivity contribution in [3.05, 3.63) is 113 Å². The molecule has 2 bridgehead atoms. The van der Waals surface area contributed by atoms with Gasteiger partial charge < -0.3 is 53.9 Å². The summed E-state index contributed by atoms with van der Waals surface area (Å²) in [5, 5.41) is 44.4. The minimum absolute atomic E-state index is 0.0245. The van der Waals surface area contributed by atoms with Gasteiger partial charge in [0.2, 0.25) is 11.8 Å². The molecule has 3 amide bonds. The Labute approximate surface area is 550 Å². The summed E-state index contributed by atoms with van der Waals surface area (Å²) in [5.74, 6) is -0.303. The van der Waals surface area contributed by atoms with Gasteiger partial charge >= 0.3 is 12.1 Å². The predicted molar refractivity (Wildman–Crippen MR) is 352 cm³/mol. The molecule has 24 heteroatoms. The highest BCUT2D eigenvalue weighted by atomic mass is 19.1. The maximum absolute atomic E-state index is 17.0. The average Bonchev–Trinajstić information content (AvgIpc) is 1.70. The minimum atomic E-state index is -1.01. The van der Waals surface area contributed by atoms with E-state index in [2.05, 4.69) is 31.7 Å². The van der Waals surface area contributed by atoms with Gasteiger partial charge in [0.25, 0.3) is 0 Å². The molecule has 95 heavy (non-hydrogen) atoms. The third-order valence-corrected chi connectivity index (χ3v) is 19.6. The molecule has 3 N–H and O–H groups in total. The minimum Gasteiger partial charge on any atom is -0.486 e. The molecule has 8 aromatic rings. The van der Waals surface area contributed by atoms with Crippen molar-refractivity contribution in [3.63, 3.8) is 0 Å². The lowest BCUT2D eigenvalue weighted by atomic mass is 9.88. The number of β-amino-alcohol motifs (C(OH)–C–C–N with tert-alkyl or cyclic N) is 1. The number of nitrogens with one attached hydrogen (secondary N) is 1. The first-order valence-electron chi connectivity index (χ1n) is 33.7. The number of aromatic nitrogens is 9. The lowest BCUT2D eigenvalue weighted by Crippen LogP contribution is -2.50. The Kier molecular flexibility index (Phi) is 17.6. The fourth-order valence-electron chi connectivity index (χ4n) is 14.6. The predicted octanol–water partition coefficient (Wildman–Crippen LogP) is 10.2. The van der Waals surface area contributed by atoms with E-state index in [9.17, 15) is 24.6 Å². The second-order valence-electron chi connectivity index (χ2n) is 27.7. The number of ether oxygens (including phenoxy) is 5. The second kappa shape index (κ2) is 26.2. The van der Waals surface area contributed by atoms with Crippen molar-refractivity contribution in [2.24, 2.45) is 5.92 Å². The van der Waals surface area contributed by atoms with Gasteiger partial charge in [0.15, 0.2) is 12.0 Å². The van der Waals surface area contributed by atoms with Crippen LogP contribution in [0.3, 0.4) is 0 Å². The quantitative estimate of drug-likeness (QED) is 0.0681. The van der Waals surface area contributed by atoms with Gasteiger partial charge in [-0.3, -0.25) is 14.3 Å². The van der Waals surface area contributed by atoms with Crippen LogP contribution in [0, 0.1) is 18.7 Å². The van der Waals surface area contributed by atoms with Gasteiger partial charge in [-0.1, -0.05) is 67.6 Å². The molecule has 4 aromatic carbocycles. The molecule has 6 aliphatic rings. The highest BCUT2D eigenvalue weighted by Gasteiger charge is 2.49. The van der Waals surface area contributed by atoms with E-state index >= 15 is 4.39 Å². The number of rotatable bonds is 19. The van der Waals surface area contributed by atoms with Crippen molar-refractivity contribution in [2.45, 2.75) is 180 Å². The van der Waals surface area contributed by atoms with Crippen molar-refractivity contribution in [1.29, 1.82) is 0 Å². The highest BCUT2D eigenvalue weighted by Crippen LogP contribution is 2.54. The molecule has 9 heterocycles. The van der Waals surface area contributed by atoms with Crippen LogP contribution in [-0.4, -0.2) is 164 Å². The van der Waals surface area contributed by atoms with Crippen LogP contribution in [0.5, 0.6) is 11.8 Å². The zero-order valence-electron chi connectivity index (χ0n) is 55.0. The smallest absolute Gasteiger partial charge is 0.410 e. The number of nitrogens with zero attached hydrogens (tertiary/aromatic N) is 12. The number of halogens is 1. The zero-order chi connectivity index (χ0) is 66.0. The third-order valence-electron chi connectivity index (χ3n) is 19.6. The monoisotopic (exact) mass is 1300 g/mol. The first-order valence-corrected chi connectivity index (χ1v) is 33.7. The van der Waals surface area contributed by atoms with Gasteiger partial charge in [-0.2, -0.15) is 20.2 Å². The molecule has 5 aliphatic heterocycles. The van der Waals surface area contributed by atoms with Crippen LogP contribution in [0.15, 0.2) is 85.3 Å². The van der Waals surface area contributed by atoms with E-state index in [1.807, 2.05) is 124 Å². The summed E-state index contributed by atoms with van der Waals surface area (Å²) in [6.45, 7) is 16.3. The van der Waals surface area contributed by atoms with Gasteiger partial charge in [0.05, 0.1) is 67.7 Å². The molecule has 6 fully saturated rings. The number of aryl methyl sites for hydroxylation is 1. The number of likely N-dealkylation sites (tertiary alicyclic amines) is 2. The summed E-state index contributed by atoms with van der Waals surface area (Å²) in [4.78, 5) is 58.7. The van der Waals surface area contributed by atoms with Gasteiger partial charge in [0.1, 0.15) is 53.2 Å². The second-order valence-corrected chi connectivity index (χ2v) is 27.7. The number of anilines is 1. The molecule has 0 radical (unpaired) electrons. The van der Waals surface area contributed by atoms with E-state index in [0.717, 1.165) is 82.8 Å². The van der Waals surface area contributed by atoms with E-state index in [0.29, 0.717) is 97.3 Å². The average molecular weight is 1300 g/mol. The van der Waals surface area contributed by atoms with E-state index < -0.39 is 41.6 Å². The topological polar surface area (TPSA) is 252 Å². The third kappa shape index (κ3) is 12.7. The number of carbonyl (C=O) groups excluding carboxylic acids is 3. The van der Waals surface area contributed by atoms with E-state index in [-0.39, 0.29) is 80.4 Å². The highest BCUT2D eigenvalue weighted by molar-refractivity contribution is 6.06. The largest absolute Gasteiger partial charge is 0.486 e. The molecule has 23 nitrogen and oxygen atoms in total. The summed E-state index contributed by atoms with van der Waals surface area (Å²) >= 11 is 0. The van der Waals surface area contributed by atoms with E-state index in [4.69, 9.17) is 38.8 Å². The number of benzene rings is 4. The SMILES string of the molecule is CCn1nccc1-c1ccc([C@H](CO)NC(=O)[C@@H]2C[C@@H](O)CN2C(=O)[C@H](C(C)C)n2cc(-c3ccc(COc4c(-c5c(C)c(F)cc6c5cnn6C5CCCCO5)c(C5CC5)cc5c(N6C[C@@H]7C[C@H]6CN7C(=O)OC(C)(C)C)nc(OC6CCOCC6)nc45)cc3)nn2)cc1. The Morgan fingerprint density at radius 2 is 1.63 bits per heavy atom. The van der Waals surface area contributed by atoms with Crippen molar-refractivity contribution < 1.29 is 52.7 Å². The van der Waals surface area contributed by atoms with Crippen molar-refractivity contribution in [3.8, 4) is 45.4 Å². The molecule has 500 valence electrons. The first-order chi connectivity index (χ1) is 45.9. The fourth-order valence-corrected chi connectivity index (χ4v) is 14.6. The first kappa shape index (κ1) is 63.8. The number of aliphatic hydroxyl groups is 2. The molecule has 7 atom stereocenters. The lowest BCUT2D eigenvalue weighted by Gasteiger charge is -2.36. The van der Waals surface area contributed by atoms with Crippen LogP contribution in [0.1, 0.15) is 146 Å². The van der Waals surface area contributed by atoms with Gasteiger partial charge in [0, 0.05) is 91.8 Å². The molecule has 1 aliphatic carbocycles. The number of aliphatic hydroxyl groups excluding tert-OH is 2. The van der Waals surface area contributed by atoms with Crippen LogP contribution < -0.4 is 19.7 Å². The van der Waals surface area contributed by atoms with Crippen molar-refractivity contribution >= 4 is 45.5 Å². The summed E-state index contributed by atoms with van der Waals surface area (Å²) < 4.78 is 54.2. The van der Waals surface area contributed by atoms with E-state index in [1.165, 1.54) is 9.58 Å². The summed E-state index contributed by atoms with van der Waals surface area (Å²) in [5.41, 5.74) is 7.93. The molecule has 0 spiro atoms. The molecule has 5 saturated heterocycles. The van der Waals surface area contributed by atoms with Crippen LogP contribution in [0.25, 0.3) is 55.4 Å². The Morgan fingerprint density at radius 1 is 0.853 bits per heavy atom.